The van der Waals surface area contributed by atoms with Crippen molar-refractivity contribution in [2.75, 3.05) is 6.54 Å². The van der Waals surface area contributed by atoms with Crippen LogP contribution in [0.3, 0.4) is 0 Å². The predicted molar refractivity (Wildman–Crippen MR) is 123 cm³/mol. The van der Waals surface area contributed by atoms with Crippen LogP contribution in [0.25, 0.3) is 0 Å². The summed E-state index contributed by atoms with van der Waals surface area (Å²) in [6.07, 6.45) is 6.60. The summed E-state index contributed by atoms with van der Waals surface area (Å²) in [4.78, 5) is 15.3. The van der Waals surface area contributed by atoms with Gasteiger partial charge in [-0.1, -0.05) is 74.2 Å². The minimum atomic E-state index is -0.0336. The second-order valence-electron chi connectivity index (χ2n) is 8.39. The molecule has 4 rings (SSSR count). The highest BCUT2D eigenvalue weighted by molar-refractivity contribution is 6.30. The van der Waals surface area contributed by atoms with Gasteiger partial charge in [0.15, 0.2) is 0 Å². The minimum Gasteiger partial charge on any atom is -0.392 e. The number of hydrazine groups is 1. The molecule has 2 atom stereocenters. The number of carbonyl (C=O) groups excluding carboxylic acids is 1. The topological polar surface area (TPSA) is 55.8 Å². The molecule has 164 valence electrons. The summed E-state index contributed by atoms with van der Waals surface area (Å²) in [6, 6.07) is 15.8. The Bertz CT molecular complexity index is 927. The molecule has 1 amide bonds. The highest BCUT2D eigenvalue weighted by Crippen LogP contribution is 2.33. The monoisotopic (exact) mass is 439 g/mol. The summed E-state index contributed by atoms with van der Waals surface area (Å²) in [7, 11) is 0. The highest BCUT2D eigenvalue weighted by atomic mass is 35.5. The van der Waals surface area contributed by atoms with Gasteiger partial charge in [-0.3, -0.25) is 9.80 Å². The number of nitrogens with one attached hydrogen (secondary N) is 1. The molecule has 2 aliphatic rings. The molecule has 2 unspecified atom stereocenters. The van der Waals surface area contributed by atoms with Crippen molar-refractivity contribution >= 4 is 17.5 Å². The van der Waals surface area contributed by atoms with E-state index in [-0.39, 0.29) is 24.6 Å². The van der Waals surface area contributed by atoms with Crippen molar-refractivity contribution < 1.29 is 9.90 Å². The first-order chi connectivity index (χ1) is 15.1. The smallest absolute Gasteiger partial charge is 0.271 e. The van der Waals surface area contributed by atoms with E-state index in [2.05, 4.69) is 17.4 Å². The number of hydrogen-bond acceptors (Lipinski definition) is 4. The van der Waals surface area contributed by atoms with E-state index in [4.69, 9.17) is 11.6 Å². The van der Waals surface area contributed by atoms with Gasteiger partial charge in [0.2, 0.25) is 0 Å². The molecule has 31 heavy (non-hydrogen) atoms. The van der Waals surface area contributed by atoms with Gasteiger partial charge in [-0.15, -0.1) is 0 Å². The van der Waals surface area contributed by atoms with Crippen molar-refractivity contribution in [3.8, 4) is 0 Å². The lowest BCUT2D eigenvalue weighted by atomic mass is 10.0. The zero-order valence-corrected chi connectivity index (χ0v) is 18.7. The SMILES string of the molecule is CCCCCC1CN(Cc2ccc(CO)cc2)C(=O)C2=CC(c3ccc(Cl)cc3)NN21. The highest BCUT2D eigenvalue weighted by Gasteiger charge is 2.40. The number of unbranched alkanes of at least 4 members (excludes halogenated alkanes) is 2. The maximum Gasteiger partial charge on any atom is 0.271 e. The van der Waals surface area contributed by atoms with Gasteiger partial charge >= 0.3 is 0 Å². The van der Waals surface area contributed by atoms with Gasteiger partial charge in [-0.2, -0.15) is 0 Å². The first-order valence-corrected chi connectivity index (χ1v) is 11.5. The number of nitrogens with zero attached hydrogens (tertiary/aromatic N) is 2. The number of fused-ring (bicyclic) bond motifs is 1. The number of halogens is 1. The van der Waals surface area contributed by atoms with E-state index in [0.717, 1.165) is 35.2 Å². The van der Waals surface area contributed by atoms with Crippen LogP contribution in [0.2, 0.25) is 5.02 Å². The standard InChI is InChI=1S/C25H30ClN3O2/c1-2-3-4-5-22-16-28(15-18-6-8-19(17-30)9-7-18)25(31)24-14-23(27-29(22)24)20-10-12-21(26)13-11-20/h6-14,22-23,27,30H,2-5,15-17H2,1H3. The number of aliphatic hydroxyl groups excluding tert-OH is 1. The Balaban J connectivity index is 1.56. The number of carbonyl (C=O) groups is 1. The quantitative estimate of drug-likeness (QED) is 0.591. The molecule has 1 saturated heterocycles. The normalized spacial score (nSPS) is 20.7. The third-order valence-electron chi connectivity index (χ3n) is 6.11. The Morgan fingerprint density at radius 1 is 1.06 bits per heavy atom. The van der Waals surface area contributed by atoms with E-state index >= 15 is 0 Å². The van der Waals surface area contributed by atoms with E-state index in [9.17, 15) is 9.90 Å². The van der Waals surface area contributed by atoms with Gasteiger partial charge in [-0.25, -0.2) is 5.43 Å². The lowest BCUT2D eigenvalue weighted by Crippen LogP contribution is -2.56. The number of benzene rings is 2. The average molecular weight is 440 g/mol. The Morgan fingerprint density at radius 3 is 2.45 bits per heavy atom. The van der Waals surface area contributed by atoms with Crippen molar-refractivity contribution in [2.24, 2.45) is 0 Å². The largest absolute Gasteiger partial charge is 0.392 e. The van der Waals surface area contributed by atoms with Gasteiger partial charge in [0.25, 0.3) is 5.91 Å². The molecule has 6 heteroatoms. The van der Waals surface area contributed by atoms with Gasteiger partial charge < -0.3 is 10.0 Å². The second kappa shape index (κ2) is 9.86. The summed E-state index contributed by atoms with van der Waals surface area (Å²) in [6.45, 7) is 3.51. The molecule has 1 fully saturated rings. The lowest BCUT2D eigenvalue weighted by molar-refractivity contribution is -0.135. The van der Waals surface area contributed by atoms with Crippen LogP contribution < -0.4 is 5.43 Å². The summed E-state index contributed by atoms with van der Waals surface area (Å²) >= 11 is 6.05. The molecule has 2 N–H and O–H groups in total. The van der Waals surface area contributed by atoms with Gasteiger partial charge in [0.05, 0.1) is 18.7 Å². The summed E-state index contributed by atoms with van der Waals surface area (Å²) in [5, 5.41) is 12.1. The molecule has 2 heterocycles. The minimum absolute atomic E-state index is 0.0298. The van der Waals surface area contributed by atoms with Crippen LogP contribution in [0.5, 0.6) is 0 Å². The molecule has 0 saturated carbocycles. The van der Waals surface area contributed by atoms with E-state index in [1.54, 1.807) is 0 Å². The van der Waals surface area contributed by atoms with Gasteiger partial charge in [-0.05, 0) is 41.3 Å². The summed E-state index contributed by atoms with van der Waals surface area (Å²) < 4.78 is 0. The maximum atomic E-state index is 13.4. The van der Waals surface area contributed by atoms with Crippen molar-refractivity contribution in [1.29, 1.82) is 0 Å². The summed E-state index contributed by atoms with van der Waals surface area (Å²) in [5.41, 5.74) is 7.35. The molecule has 0 aromatic heterocycles. The fourth-order valence-electron chi connectivity index (χ4n) is 4.35. The van der Waals surface area contributed by atoms with Crippen molar-refractivity contribution in [3.63, 3.8) is 0 Å². The molecule has 0 bridgehead atoms. The lowest BCUT2D eigenvalue weighted by Gasteiger charge is -2.41. The number of rotatable bonds is 8. The zero-order valence-electron chi connectivity index (χ0n) is 17.9. The van der Waals surface area contributed by atoms with Crippen LogP contribution in [0.15, 0.2) is 60.3 Å². The van der Waals surface area contributed by atoms with Crippen LogP contribution in [-0.2, 0) is 17.9 Å². The zero-order chi connectivity index (χ0) is 21.8. The fourth-order valence-corrected chi connectivity index (χ4v) is 4.48. The Morgan fingerprint density at radius 2 is 1.77 bits per heavy atom. The third-order valence-corrected chi connectivity index (χ3v) is 6.37. The molecule has 0 aliphatic carbocycles. The number of hydrogen-bond donors (Lipinski definition) is 2. The number of aliphatic hydroxyl groups is 1. The number of piperazine rings is 1. The second-order valence-corrected chi connectivity index (χ2v) is 8.83. The molecule has 0 spiro atoms. The maximum absolute atomic E-state index is 13.4. The summed E-state index contributed by atoms with van der Waals surface area (Å²) in [5.74, 6) is 0.0574. The van der Waals surface area contributed by atoms with E-state index in [1.807, 2.05) is 59.5 Å². The van der Waals surface area contributed by atoms with Gasteiger partial charge in [0, 0.05) is 18.1 Å². The number of amides is 1. The van der Waals surface area contributed by atoms with Crippen LogP contribution in [0.1, 0.15) is 55.3 Å². The Hall–Kier alpha value is -2.34. The molecule has 2 aromatic carbocycles. The van der Waals surface area contributed by atoms with Crippen molar-refractivity contribution in [1.82, 2.24) is 15.3 Å². The van der Waals surface area contributed by atoms with Crippen LogP contribution >= 0.6 is 11.6 Å². The molecule has 2 aromatic rings. The Labute approximate surface area is 189 Å². The van der Waals surface area contributed by atoms with E-state index < -0.39 is 0 Å². The van der Waals surface area contributed by atoms with Crippen LogP contribution in [0.4, 0.5) is 0 Å². The Kier molecular flexibility index (Phi) is 6.96. The molecule has 2 aliphatic heterocycles. The van der Waals surface area contributed by atoms with Crippen LogP contribution in [-0.4, -0.2) is 33.5 Å². The first-order valence-electron chi connectivity index (χ1n) is 11.1. The average Bonchev–Trinajstić information content (AvgIpc) is 3.24. The van der Waals surface area contributed by atoms with E-state index in [1.165, 1.54) is 12.8 Å². The molecule has 5 nitrogen and oxygen atoms in total. The molecule has 0 radical (unpaired) electrons. The molecular weight excluding hydrogens is 410 g/mol. The van der Waals surface area contributed by atoms with Gasteiger partial charge in [0.1, 0.15) is 5.70 Å². The van der Waals surface area contributed by atoms with Crippen molar-refractivity contribution in [3.05, 3.63) is 82.0 Å². The first kappa shape index (κ1) is 21.9. The molecular formula is C25H30ClN3O2. The fraction of sp³-hybridized carbons (Fsp3) is 0.400. The van der Waals surface area contributed by atoms with Crippen molar-refractivity contribution in [2.45, 2.75) is 57.8 Å². The third kappa shape index (κ3) is 4.95. The predicted octanol–water partition coefficient (Wildman–Crippen LogP) is 4.57. The van der Waals surface area contributed by atoms with E-state index in [0.29, 0.717) is 18.1 Å². The van der Waals surface area contributed by atoms with Crippen LogP contribution in [0, 0.1) is 0 Å².